The van der Waals surface area contributed by atoms with Crippen molar-refractivity contribution in [2.45, 2.75) is 11.4 Å². The second-order valence-electron chi connectivity index (χ2n) is 4.09. The van der Waals surface area contributed by atoms with Gasteiger partial charge in [-0.2, -0.15) is 0 Å². The smallest absolute Gasteiger partial charge is 0.188 e. The quantitative estimate of drug-likeness (QED) is 0.259. The third-order valence-corrected chi connectivity index (χ3v) is 3.58. The Morgan fingerprint density at radius 3 is 2.95 bits per heavy atom. The second kappa shape index (κ2) is 6.81. The maximum atomic E-state index is 8.66. The van der Waals surface area contributed by atoms with Crippen molar-refractivity contribution < 1.29 is 5.21 Å². The number of anilines is 1. The molecule has 104 valence electrons. The molecule has 0 fully saturated rings. The van der Waals surface area contributed by atoms with E-state index in [0.717, 1.165) is 11.3 Å². The summed E-state index contributed by atoms with van der Waals surface area (Å²) in [5, 5.41) is 15.0. The molecule has 0 bridgehead atoms. The predicted octanol–water partition coefficient (Wildman–Crippen LogP) is 2.51. The zero-order valence-electron chi connectivity index (χ0n) is 11.1. The lowest BCUT2D eigenvalue weighted by atomic mass is 10.2. The molecule has 2 rings (SSSR count). The van der Waals surface area contributed by atoms with Crippen LogP contribution in [0.2, 0.25) is 0 Å². The third kappa shape index (κ3) is 3.42. The van der Waals surface area contributed by atoms with E-state index >= 15 is 0 Å². The van der Waals surface area contributed by atoms with Gasteiger partial charge in [-0.3, -0.25) is 4.98 Å². The fraction of sp³-hybridized carbons (Fsp3) is 0.143. The second-order valence-corrected chi connectivity index (χ2v) is 4.94. The van der Waals surface area contributed by atoms with Crippen molar-refractivity contribution in [2.24, 2.45) is 10.9 Å². The highest BCUT2D eigenvalue weighted by molar-refractivity contribution is 7.98. The van der Waals surface area contributed by atoms with E-state index in [2.05, 4.69) is 21.5 Å². The number of rotatable bonds is 5. The van der Waals surface area contributed by atoms with Crippen LogP contribution in [0.15, 0.2) is 52.6 Å². The molecule has 0 spiro atoms. The molecular weight excluding hydrogens is 272 g/mol. The summed E-state index contributed by atoms with van der Waals surface area (Å²) < 4.78 is 0. The Morgan fingerprint density at radius 2 is 2.20 bits per heavy atom. The maximum Gasteiger partial charge on any atom is 0.188 e. The van der Waals surface area contributed by atoms with Crippen molar-refractivity contribution in [3.63, 3.8) is 0 Å². The van der Waals surface area contributed by atoms with Gasteiger partial charge >= 0.3 is 0 Å². The molecule has 5 nitrogen and oxygen atoms in total. The molecular formula is C14H16N4OS. The first-order valence-corrected chi connectivity index (χ1v) is 7.27. The minimum atomic E-state index is 0.0105. The monoisotopic (exact) mass is 288 g/mol. The lowest BCUT2D eigenvalue weighted by Crippen LogP contribution is -2.15. The number of benzene rings is 1. The van der Waals surface area contributed by atoms with Gasteiger partial charge in [0.2, 0.25) is 0 Å². The fourth-order valence-corrected chi connectivity index (χ4v) is 2.34. The minimum Gasteiger partial charge on any atom is -0.409 e. The molecule has 0 aliphatic carbocycles. The number of pyridine rings is 1. The third-order valence-electron chi connectivity index (χ3n) is 2.78. The van der Waals surface area contributed by atoms with Gasteiger partial charge in [0.25, 0.3) is 0 Å². The van der Waals surface area contributed by atoms with Gasteiger partial charge < -0.3 is 16.3 Å². The van der Waals surface area contributed by atoms with E-state index in [9.17, 15) is 0 Å². The topological polar surface area (TPSA) is 83.5 Å². The Balaban J connectivity index is 2.11. The molecule has 1 aromatic heterocycles. The van der Waals surface area contributed by atoms with Gasteiger partial charge in [0.05, 0.1) is 0 Å². The summed E-state index contributed by atoms with van der Waals surface area (Å²) in [6.07, 6.45) is 3.69. The molecule has 0 saturated carbocycles. The number of oxime groups is 1. The summed E-state index contributed by atoms with van der Waals surface area (Å²) >= 11 is 1.70. The lowest BCUT2D eigenvalue weighted by molar-refractivity contribution is 0.318. The molecule has 0 unspecified atom stereocenters. The van der Waals surface area contributed by atoms with Crippen LogP contribution < -0.4 is 11.1 Å². The van der Waals surface area contributed by atoms with Gasteiger partial charge in [0.1, 0.15) is 5.69 Å². The van der Waals surface area contributed by atoms with Crippen molar-refractivity contribution in [2.75, 3.05) is 11.6 Å². The van der Waals surface area contributed by atoms with E-state index in [1.807, 2.05) is 30.5 Å². The summed E-state index contributed by atoms with van der Waals surface area (Å²) in [5.41, 5.74) is 8.09. The van der Waals surface area contributed by atoms with Crippen LogP contribution in [-0.4, -0.2) is 22.3 Å². The average molecular weight is 288 g/mol. The van der Waals surface area contributed by atoms with Crippen molar-refractivity contribution in [1.29, 1.82) is 0 Å². The van der Waals surface area contributed by atoms with Crippen molar-refractivity contribution in [1.82, 2.24) is 4.98 Å². The van der Waals surface area contributed by atoms with Gasteiger partial charge in [-0.05, 0) is 36.1 Å². The van der Waals surface area contributed by atoms with E-state index < -0.39 is 0 Å². The number of nitrogens with one attached hydrogen (secondary N) is 1. The van der Waals surface area contributed by atoms with E-state index in [0.29, 0.717) is 12.2 Å². The molecule has 1 aromatic carbocycles. The number of hydrogen-bond donors (Lipinski definition) is 3. The Morgan fingerprint density at radius 1 is 1.40 bits per heavy atom. The van der Waals surface area contributed by atoms with Crippen LogP contribution in [0.5, 0.6) is 0 Å². The number of nitrogens with two attached hydrogens (primary N) is 1. The summed E-state index contributed by atoms with van der Waals surface area (Å²) in [4.78, 5) is 5.24. The van der Waals surface area contributed by atoms with Crippen molar-refractivity contribution in [3.05, 3.63) is 53.9 Å². The molecule has 6 heteroatoms. The zero-order chi connectivity index (χ0) is 14.4. The summed E-state index contributed by atoms with van der Waals surface area (Å²) in [6.45, 7) is 0.645. The summed E-state index contributed by atoms with van der Waals surface area (Å²) in [6, 6.07) is 11.8. The number of nitrogens with zero attached hydrogens (tertiary/aromatic N) is 2. The first kappa shape index (κ1) is 14.2. The molecule has 0 amide bonds. The Hall–Kier alpha value is -2.21. The highest BCUT2D eigenvalue weighted by atomic mass is 32.2. The lowest BCUT2D eigenvalue weighted by Gasteiger charge is -2.10. The van der Waals surface area contributed by atoms with Crippen molar-refractivity contribution in [3.8, 4) is 0 Å². The van der Waals surface area contributed by atoms with Gasteiger partial charge in [-0.1, -0.05) is 17.3 Å². The Kier molecular flexibility index (Phi) is 4.84. The number of thioether (sulfide) groups is 1. The molecule has 0 aliphatic heterocycles. The maximum absolute atomic E-state index is 8.66. The molecule has 20 heavy (non-hydrogen) atoms. The van der Waals surface area contributed by atoms with Crippen LogP contribution in [0.4, 0.5) is 5.69 Å². The molecule has 2 aromatic rings. The normalized spacial score (nSPS) is 11.3. The van der Waals surface area contributed by atoms with Crippen LogP contribution >= 0.6 is 11.8 Å². The number of hydrogen-bond acceptors (Lipinski definition) is 5. The van der Waals surface area contributed by atoms with Gasteiger partial charge in [-0.15, -0.1) is 11.8 Å². The summed E-state index contributed by atoms with van der Waals surface area (Å²) in [7, 11) is 0. The van der Waals surface area contributed by atoms with Crippen LogP contribution in [0.1, 0.15) is 11.3 Å². The van der Waals surface area contributed by atoms with Crippen LogP contribution in [0.3, 0.4) is 0 Å². The van der Waals surface area contributed by atoms with E-state index in [4.69, 9.17) is 10.9 Å². The summed E-state index contributed by atoms with van der Waals surface area (Å²) in [5.74, 6) is 0.0105. The standard InChI is InChI=1S/C14H16N4OS/c1-20-13-5-3-2-4-11(13)17-9-10-6-7-16-12(8-10)14(15)18-19/h2-8,17,19H,9H2,1H3,(H2,15,18). The number of aromatic nitrogens is 1. The Labute approximate surface area is 121 Å². The minimum absolute atomic E-state index is 0.0105. The fourth-order valence-electron chi connectivity index (χ4n) is 1.76. The highest BCUT2D eigenvalue weighted by Crippen LogP contribution is 2.24. The van der Waals surface area contributed by atoms with Gasteiger partial charge in [0.15, 0.2) is 5.84 Å². The first-order chi connectivity index (χ1) is 9.74. The van der Waals surface area contributed by atoms with E-state index in [1.54, 1.807) is 24.0 Å². The van der Waals surface area contributed by atoms with E-state index in [1.165, 1.54) is 4.90 Å². The molecule has 0 saturated heterocycles. The van der Waals surface area contributed by atoms with Crippen LogP contribution in [-0.2, 0) is 6.54 Å². The first-order valence-electron chi connectivity index (χ1n) is 6.04. The van der Waals surface area contributed by atoms with Crippen molar-refractivity contribution >= 4 is 23.3 Å². The van der Waals surface area contributed by atoms with Gasteiger partial charge in [0, 0.05) is 23.3 Å². The predicted molar refractivity (Wildman–Crippen MR) is 82.3 cm³/mol. The average Bonchev–Trinajstić information content (AvgIpc) is 2.52. The van der Waals surface area contributed by atoms with Gasteiger partial charge in [-0.25, -0.2) is 0 Å². The molecule has 0 aliphatic rings. The largest absolute Gasteiger partial charge is 0.409 e. The highest BCUT2D eigenvalue weighted by Gasteiger charge is 2.03. The molecule has 0 radical (unpaired) electrons. The van der Waals surface area contributed by atoms with Crippen LogP contribution in [0, 0.1) is 0 Å². The zero-order valence-corrected chi connectivity index (χ0v) is 11.9. The molecule has 1 heterocycles. The number of amidine groups is 1. The molecule has 0 atom stereocenters. The van der Waals surface area contributed by atoms with Crippen LogP contribution in [0.25, 0.3) is 0 Å². The number of para-hydroxylation sites is 1. The SMILES string of the molecule is CSc1ccccc1NCc1ccnc(/C(N)=N/O)c1. The molecule has 4 N–H and O–H groups in total. The van der Waals surface area contributed by atoms with E-state index in [-0.39, 0.29) is 5.84 Å². The Bertz CT molecular complexity index is 616.